The van der Waals surface area contributed by atoms with Crippen LogP contribution in [0.25, 0.3) is 0 Å². The number of furan rings is 1. The second-order valence-corrected chi connectivity index (χ2v) is 3.89. The van der Waals surface area contributed by atoms with Gasteiger partial charge in [-0.2, -0.15) is 4.98 Å². The van der Waals surface area contributed by atoms with E-state index in [1.807, 2.05) is 19.1 Å². The average Bonchev–Trinajstić information content (AvgIpc) is 3.04. The molecule has 2 N–H and O–H groups in total. The van der Waals surface area contributed by atoms with Gasteiger partial charge in [-0.1, -0.05) is 5.16 Å². The summed E-state index contributed by atoms with van der Waals surface area (Å²) in [5.41, 5.74) is 5.86. The summed E-state index contributed by atoms with van der Waals surface area (Å²) in [5.74, 6) is 1.94. The summed E-state index contributed by atoms with van der Waals surface area (Å²) in [5, 5.41) is 3.85. The van der Waals surface area contributed by atoms with Gasteiger partial charge in [0.25, 0.3) is 0 Å². The van der Waals surface area contributed by atoms with Crippen LogP contribution in [0.15, 0.2) is 27.3 Å². The van der Waals surface area contributed by atoms with Crippen molar-refractivity contribution in [2.75, 3.05) is 13.2 Å². The molecule has 6 nitrogen and oxygen atoms in total. The molecule has 1 unspecified atom stereocenters. The third kappa shape index (κ3) is 3.41. The van der Waals surface area contributed by atoms with Crippen LogP contribution >= 0.6 is 0 Å². The summed E-state index contributed by atoms with van der Waals surface area (Å²) < 4.78 is 15.6. The van der Waals surface area contributed by atoms with Crippen molar-refractivity contribution in [2.45, 2.75) is 25.8 Å². The first kappa shape index (κ1) is 12.8. The summed E-state index contributed by atoms with van der Waals surface area (Å²) in [6, 6.07) is 3.43. The number of rotatable bonds is 7. The van der Waals surface area contributed by atoms with Crippen molar-refractivity contribution in [3.05, 3.63) is 35.9 Å². The molecule has 0 aromatic carbocycles. The molecule has 0 aliphatic heterocycles. The minimum absolute atomic E-state index is 0.342. The molecular weight excluding hydrogens is 234 g/mol. The first-order valence-corrected chi connectivity index (χ1v) is 5.97. The zero-order valence-electron chi connectivity index (χ0n) is 10.3. The maximum Gasteiger partial charge on any atom is 0.227 e. The van der Waals surface area contributed by atoms with Gasteiger partial charge in [0.15, 0.2) is 5.82 Å². The average molecular weight is 251 g/mol. The van der Waals surface area contributed by atoms with Crippen LogP contribution < -0.4 is 5.73 Å². The van der Waals surface area contributed by atoms with Crippen molar-refractivity contribution in [3.8, 4) is 0 Å². The highest BCUT2D eigenvalue weighted by Gasteiger charge is 2.14. The molecule has 98 valence electrons. The van der Waals surface area contributed by atoms with Crippen molar-refractivity contribution < 1.29 is 13.7 Å². The number of nitrogens with zero attached hydrogens (tertiary/aromatic N) is 2. The van der Waals surface area contributed by atoms with Crippen LogP contribution in [0.3, 0.4) is 0 Å². The molecule has 0 radical (unpaired) electrons. The van der Waals surface area contributed by atoms with Crippen LogP contribution in [0.4, 0.5) is 0 Å². The lowest BCUT2D eigenvalue weighted by molar-refractivity contribution is 0.130. The normalized spacial score (nSPS) is 12.8. The quantitative estimate of drug-likeness (QED) is 0.802. The van der Waals surface area contributed by atoms with E-state index in [0.29, 0.717) is 31.3 Å². The van der Waals surface area contributed by atoms with Crippen LogP contribution in [0, 0.1) is 0 Å². The lowest BCUT2D eigenvalue weighted by Gasteiger charge is -2.05. The lowest BCUT2D eigenvalue weighted by atomic mass is 10.2. The predicted molar refractivity (Wildman–Crippen MR) is 63.8 cm³/mol. The number of hydrogen-bond acceptors (Lipinski definition) is 6. The Morgan fingerprint density at radius 1 is 1.44 bits per heavy atom. The lowest BCUT2D eigenvalue weighted by Crippen LogP contribution is -2.18. The first-order valence-electron chi connectivity index (χ1n) is 5.97. The molecule has 0 saturated heterocycles. The van der Waals surface area contributed by atoms with E-state index in [-0.39, 0.29) is 6.04 Å². The minimum atomic E-state index is -0.342. The first-order chi connectivity index (χ1) is 8.79. The molecular formula is C12H17N3O3. The molecule has 0 saturated carbocycles. The molecule has 0 fully saturated rings. The highest BCUT2D eigenvalue weighted by molar-refractivity contribution is 5.01. The van der Waals surface area contributed by atoms with E-state index in [2.05, 4.69) is 10.1 Å². The number of aryl methyl sites for hydroxylation is 2. The summed E-state index contributed by atoms with van der Waals surface area (Å²) >= 11 is 0. The molecule has 2 aromatic heterocycles. The SMILES string of the molecule is CCOCC(N)c1noc(CCc2ccco2)n1. The Kier molecular flexibility index (Phi) is 4.49. The monoisotopic (exact) mass is 251 g/mol. The van der Waals surface area contributed by atoms with Gasteiger partial charge in [0, 0.05) is 19.4 Å². The Balaban J connectivity index is 1.85. The highest BCUT2D eigenvalue weighted by atomic mass is 16.5. The molecule has 0 aliphatic carbocycles. The third-order valence-electron chi connectivity index (χ3n) is 2.48. The van der Waals surface area contributed by atoms with E-state index in [4.69, 9.17) is 19.4 Å². The molecule has 2 rings (SSSR count). The van der Waals surface area contributed by atoms with Gasteiger partial charge in [-0.05, 0) is 19.1 Å². The summed E-state index contributed by atoms with van der Waals surface area (Å²) in [7, 11) is 0. The predicted octanol–water partition coefficient (Wildman–Crippen LogP) is 1.48. The Morgan fingerprint density at radius 3 is 3.06 bits per heavy atom. The number of hydrogen-bond donors (Lipinski definition) is 1. The van der Waals surface area contributed by atoms with Gasteiger partial charge in [-0.3, -0.25) is 0 Å². The fourth-order valence-corrected chi connectivity index (χ4v) is 1.52. The van der Waals surface area contributed by atoms with Gasteiger partial charge in [0.1, 0.15) is 5.76 Å². The van der Waals surface area contributed by atoms with Gasteiger partial charge < -0.3 is 19.4 Å². The zero-order chi connectivity index (χ0) is 12.8. The molecule has 1 atom stereocenters. The molecule has 6 heteroatoms. The molecule has 2 heterocycles. The van der Waals surface area contributed by atoms with E-state index in [1.165, 1.54) is 0 Å². The second-order valence-electron chi connectivity index (χ2n) is 3.89. The van der Waals surface area contributed by atoms with E-state index in [1.54, 1.807) is 6.26 Å². The molecule has 0 aliphatic rings. The molecule has 18 heavy (non-hydrogen) atoms. The van der Waals surface area contributed by atoms with Crippen molar-refractivity contribution in [1.29, 1.82) is 0 Å². The third-order valence-corrected chi connectivity index (χ3v) is 2.48. The fraction of sp³-hybridized carbons (Fsp3) is 0.500. The van der Waals surface area contributed by atoms with Crippen molar-refractivity contribution in [3.63, 3.8) is 0 Å². The summed E-state index contributed by atoms with van der Waals surface area (Å²) in [4.78, 5) is 4.24. The molecule has 0 amide bonds. The molecule has 0 bridgehead atoms. The summed E-state index contributed by atoms with van der Waals surface area (Å²) in [6.07, 6.45) is 3.02. The Morgan fingerprint density at radius 2 is 2.33 bits per heavy atom. The van der Waals surface area contributed by atoms with Crippen LogP contribution in [-0.4, -0.2) is 23.4 Å². The second kappa shape index (κ2) is 6.32. The zero-order valence-corrected chi connectivity index (χ0v) is 10.3. The minimum Gasteiger partial charge on any atom is -0.469 e. The standard InChI is InChI=1S/C12H17N3O3/c1-2-16-8-10(13)12-14-11(18-15-12)6-5-9-4-3-7-17-9/h3-4,7,10H,2,5-6,8,13H2,1H3. The van der Waals surface area contributed by atoms with Gasteiger partial charge in [-0.15, -0.1) is 0 Å². The molecule has 0 spiro atoms. The van der Waals surface area contributed by atoms with E-state index in [9.17, 15) is 0 Å². The van der Waals surface area contributed by atoms with Crippen LogP contribution in [-0.2, 0) is 17.6 Å². The van der Waals surface area contributed by atoms with Crippen molar-refractivity contribution >= 4 is 0 Å². The van der Waals surface area contributed by atoms with Gasteiger partial charge >= 0.3 is 0 Å². The maximum atomic E-state index is 5.86. The topological polar surface area (TPSA) is 87.3 Å². The van der Waals surface area contributed by atoms with E-state index < -0.39 is 0 Å². The number of aromatic nitrogens is 2. The van der Waals surface area contributed by atoms with Crippen molar-refractivity contribution in [2.24, 2.45) is 5.73 Å². The number of ether oxygens (including phenoxy) is 1. The Bertz CT molecular complexity index is 453. The van der Waals surface area contributed by atoms with Crippen LogP contribution in [0.5, 0.6) is 0 Å². The van der Waals surface area contributed by atoms with Crippen LogP contribution in [0.1, 0.15) is 30.4 Å². The highest BCUT2D eigenvalue weighted by Crippen LogP contribution is 2.10. The van der Waals surface area contributed by atoms with E-state index >= 15 is 0 Å². The maximum absolute atomic E-state index is 5.86. The van der Waals surface area contributed by atoms with Gasteiger partial charge in [0.2, 0.25) is 5.89 Å². The smallest absolute Gasteiger partial charge is 0.227 e. The van der Waals surface area contributed by atoms with Gasteiger partial charge in [0.05, 0.1) is 18.9 Å². The summed E-state index contributed by atoms with van der Waals surface area (Å²) in [6.45, 7) is 2.93. The Hall–Kier alpha value is -1.66. The largest absolute Gasteiger partial charge is 0.469 e. The van der Waals surface area contributed by atoms with E-state index in [0.717, 1.165) is 12.2 Å². The van der Waals surface area contributed by atoms with Gasteiger partial charge in [-0.25, -0.2) is 0 Å². The Labute approximate surface area is 105 Å². The van der Waals surface area contributed by atoms with Crippen molar-refractivity contribution in [1.82, 2.24) is 10.1 Å². The fourth-order valence-electron chi connectivity index (χ4n) is 1.52. The number of nitrogens with two attached hydrogens (primary N) is 1. The van der Waals surface area contributed by atoms with Crippen LogP contribution in [0.2, 0.25) is 0 Å². The molecule has 2 aromatic rings.